The number of nitrogens with two attached hydrogens (primary N) is 1. The van der Waals surface area contributed by atoms with Gasteiger partial charge in [0.15, 0.2) is 0 Å². The molecule has 0 aliphatic carbocycles. The molecule has 0 aromatic carbocycles. The second kappa shape index (κ2) is 7.67. The Morgan fingerprint density at radius 1 is 1.47 bits per heavy atom. The lowest BCUT2D eigenvalue weighted by molar-refractivity contribution is -0.131. The Bertz CT molecular complexity index is 233. The first-order valence-corrected chi connectivity index (χ1v) is 6.94. The number of rotatable bonds is 6. The molecule has 100 valence electrons. The van der Waals surface area contributed by atoms with Gasteiger partial charge in [-0.15, -0.1) is 0 Å². The van der Waals surface area contributed by atoms with Gasteiger partial charge in [-0.1, -0.05) is 20.3 Å². The van der Waals surface area contributed by atoms with E-state index in [2.05, 4.69) is 18.7 Å². The summed E-state index contributed by atoms with van der Waals surface area (Å²) in [7, 11) is 0. The topological polar surface area (TPSA) is 49.6 Å². The number of nitrogens with zero attached hydrogens (tertiary/aromatic N) is 2. The molecule has 0 aromatic rings. The van der Waals surface area contributed by atoms with E-state index in [-0.39, 0.29) is 12.5 Å². The Morgan fingerprint density at radius 2 is 2.24 bits per heavy atom. The maximum absolute atomic E-state index is 11.6. The number of unbranched alkanes of at least 4 members (excludes halogenated alkanes) is 1. The number of likely N-dealkylation sites (N-methyl/N-ethyl adjacent to an activating group) is 1. The second-order valence-electron chi connectivity index (χ2n) is 4.82. The van der Waals surface area contributed by atoms with E-state index >= 15 is 0 Å². The van der Waals surface area contributed by atoms with Gasteiger partial charge in [0.1, 0.15) is 0 Å². The average Bonchev–Trinajstić information content (AvgIpc) is 2.39. The van der Waals surface area contributed by atoms with E-state index in [1.54, 1.807) is 0 Å². The summed E-state index contributed by atoms with van der Waals surface area (Å²) >= 11 is 0. The van der Waals surface area contributed by atoms with Crippen molar-refractivity contribution in [3.05, 3.63) is 0 Å². The van der Waals surface area contributed by atoms with Crippen LogP contribution in [-0.2, 0) is 4.79 Å². The summed E-state index contributed by atoms with van der Waals surface area (Å²) in [6.45, 7) is 8.56. The van der Waals surface area contributed by atoms with Crippen molar-refractivity contribution in [3.8, 4) is 0 Å². The minimum Gasteiger partial charge on any atom is -0.340 e. The highest BCUT2D eigenvalue weighted by Crippen LogP contribution is 2.16. The van der Waals surface area contributed by atoms with Crippen LogP contribution in [0.3, 0.4) is 0 Å². The second-order valence-corrected chi connectivity index (χ2v) is 4.82. The molecule has 1 atom stereocenters. The molecule has 1 saturated heterocycles. The highest BCUT2D eigenvalue weighted by molar-refractivity contribution is 5.78. The van der Waals surface area contributed by atoms with Crippen LogP contribution in [0.25, 0.3) is 0 Å². The molecule has 1 rings (SSSR count). The van der Waals surface area contributed by atoms with Gasteiger partial charge in [0.2, 0.25) is 5.91 Å². The van der Waals surface area contributed by atoms with Gasteiger partial charge in [0, 0.05) is 19.1 Å². The first-order valence-electron chi connectivity index (χ1n) is 6.94. The van der Waals surface area contributed by atoms with Gasteiger partial charge in [-0.2, -0.15) is 0 Å². The van der Waals surface area contributed by atoms with Crippen molar-refractivity contribution in [2.24, 2.45) is 5.73 Å². The van der Waals surface area contributed by atoms with Gasteiger partial charge in [0.05, 0.1) is 6.54 Å². The van der Waals surface area contributed by atoms with E-state index in [0.717, 1.165) is 32.6 Å². The predicted molar refractivity (Wildman–Crippen MR) is 70.8 cm³/mol. The molecule has 1 heterocycles. The standard InChI is InChI=1S/C13H27N3O/c1-3-5-8-15(4-2)12-7-6-9-16(11-12)13(17)10-14/h12H,3-11,14H2,1-2H3. The molecule has 0 spiro atoms. The van der Waals surface area contributed by atoms with Crippen LogP contribution in [-0.4, -0.2) is 54.5 Å². The smallest absolute Gasteiger partial charge is 0.236 e. The third-order valence-corrected chi connectivity index (χ3v) is 3.65. The van der Waals surface area contributed by atoms with Crippen molar-refractivity contribution < 1.29 is 4.79 Å². The molecular weight excluding hydrogens is 214 g/mol. The zero-order chi connectivity index (χ0) is 12.7. The molecule has 4 nitrogen and oxygen atoms in total. The van der Waals surface area contributed by atoms with Crippen LogP contribution < -0.4 is 5.73 Å². The zero-order valence-electron chi connectivity index (χ0n) is 11.3. The fraction of sp³-hybridized carbons (Fsp3) is 0.923. The molecule has 4 heteroatoms. The SMILES string of the molecule is CCCCN(CC)C1CCCN(C(=O)CN)C1. The number of carbonyl (C=O) groups is 1. The van der Waals surface area contributed by atoms with E-state index in [1.165, 1.54) is 19.3 Å². The normalized spacial score (nSPS) is 20.9. The Labute approximate surface area is 105 Å². The molecule has 1 unspecified atom stereocenters. The molecule has 2 N–H and O–H groups in total. The molecule has 0 bridgehead atoms. The lowest BCUT2D eigenvalue weighted by Gasteiger charge is -2.39. The Kier molecular flexibility index (Phi) is 6.52. The predicted octanol–water partition coefficient (Wildman–Crippen LogP) is 1.06. The number of piperidine rings is 1. The van der Waals surface area contributed by atoms with Gasteiger partial charge in [-0.3, -0.25) is 9.69 Å². The van der Waals surface area contributed by atoms with Gasteiger partial charge in [-0.05, 0) is 32.4 Å². The highest BCUT2D eigenvalue weighted by atomic mass is 16.2. The van der Waals surface area contributed by atoms with Crippen molar-refractivity contribution in [2.45, 2.75) is 45.6 Å². The van der Waals surface area contributed by atoms with Crippen LogP contribution in [0.1, 0.15) is 39.5 Å². The number of likely N-dealkylation sites (tertiary alicyclic amines) is 1. The van der Waals surface area contributed by atoms with Gasteiger partial charge < -0.3 is 10.6 Å². The van der Waals surface area contributed by atoms with Crippen LogP contribution in [0.5, 0.6) is 0 Å². The lowest BCUT2D eigenvalue weighted by Crippen LogP contribution is -2.51. The highest BCUT2D eigenvalue weighted by Gasteiger charge is 2.26. The summed E-state index contributed by atoms with van der Waals surface area (Å²) in [4.78, 5) is 16.1. The van der Waals surface area contributed by atoms with E-state index in [9.17, 15) is 4.79 Å². The van der Waals surface area contributed by atoms with Crippen LogP contribution in [0, 0.1) is 0 Å². The summed E-state index contributed by atoms with van der Waals surface area (Å²) in [6, 6.07) is 0.538. The molecule has 1 fully saturated rings. The average molecular weight is 241 g/mol. The van der Waals surface area contributed by atoms with Crippen molar-refractivity contribution >= 4 is 5.91 Å². The summed E-state index contributed by atoms with van der Waals surface area (Å²) in [5.41, 5.74) is 5.43. The van der Waals surface area contributed by atoms with Crippen LogP contribution >= 0.6 is 0 Å². The third-order valence-electron chi connectivity index (χ3n) is 3.65. The van der Waals surface area contributed by atoms with E-state index < -0.39 is 0 Å². The van der Waals surface area contributed by atoms with E-state index in [0.29, 0.717) is 6.04 Å². The number of amides is 1. The van der Waals surface area contributed by atoms with Crippen LogP contribution in [0.2, 0.25) is 0 Å². The molecule has 0 aromatic heterocycles. The number of hydrogen-bond acceptors (Lipinski definition) is 3. The summed E-state index contributed by atoms with van der Waals surface area (Å²) in [5.74, 6) is 0.0984. The number of hydrogen-bond donors (Lipinski definition) is 1. The lowest BCUT2D eigenvalue weighted by atomic mass is 10.0. The van der Waals surface area contributed by atoms with Gasteiger partial charge in [-0.25, -0.2) is 0 Å². The summed E-state index contributed by atoms with van der Waals surface area (Å²) in [5, 5.41) is 0. The minimum atomic E-state index is 0.0984. The maximum atomic E-state index is 11.6. The summed E-state index contributed by atoms with van der Waals surface area (Å²) in [6.07, 6.45) is 4.80. The van der Waals surface area contributed by atoms with Crippen molar-refractivity contribution in [1.29, 1.82) is 0 Å². The van der Waals surface area contributed by atoms with Crippen molar-refractivity contribution in [2.75, 3.05) is 32.7 Å². The Morgan fingerprint density at radius 3 is 2.82 bits per heavy atom. The van der Waals surface area contributed by atoms with E-state index in [1.807, 2.05) is 4.90 Å². The molecule has 1 aliphatic heterocycles. The fourth-order valence-corrected chi connectivity index (χ4v) is 2.57. The van der Waals surface area contributed by atoms with Crippen LogP contribution in [0.15, 0.2) is 0 Å². The first kappa shape index (κ1) is 14.5. The minimum absolute atomic E-state index is 0.0984. The Hall–Kier alpha value is -0.610. The molecule has 17 heavy (non-hydrogen) atoms. The fourth-order valence-electron chi connectivity index (χ4n) is 2.57. The molecule has 0 radical (unpaired) electrons. The first-order chi connectivity index (χ1) is 8.22. The number of carbonyl (C=O) groups excluding carboxylic acids is 1. The van der Waals surface area contributed by atoms with Gasteiger partial charge in [0.25, 0.3) is 0 Å². The third kappa shape index (κ3) is 4.28. The van der Waals surface area contributed by atoms with Crippen molar-refractivity contribution in [1.82, 2.24) is 9.80 Å². The maximum Gasteiger partial charge on any atom is 0.236 e. The molecular formula is C13H27N3O. The zero-order valence-corrected chi connectivity index (χ0v) is 11.3. The van der Waals surface area contributed by atoms with Gasteiger partial charge >= 0.3 is 0 Å². The van der Waals surface area contributed by atoms with Crippen LogP contribution in [0.4, 0.5) is 0 Å². The van der Waals surface area contributed by atoms with Crippen molar-refractivity contribution in [3.63, 3.8) is 0 Å². The molecule has 1 aliphatic rings. The molecule has 0 saturated carbocycles. The molecule has 1 amide bonds. The quantitative estimate of drug-likeness (QED) is 0.756. The monoisotopic (exact) mass is 241 g/mol. The largest absolute Gasteiger partial charge is 0.340 e. The van der Waals surface area contributed by atoms with E-state index in [4.69, 9.17) is 5.73 Å². The summed E-state index contributed by atoms with van der Waals surface area (Å²) < 4.78 is 0. The Balaban J connectivity index is 2.48.